The summed E-state index contributed by atoms with van der Waals surface area (Å²) < 4.78 is 28.3. The van der Waals surface area contributed by atoms with E-state index in [-0.39, 0.29) is 18.6 Å². The average Bonchev–Trinajstić information content (AvgIpc) is 3.33. The Labute approximate surface area is 131 Å². The summed E-state index contributed by atoms with van der Waals surface area (Å²) in [6.45, 7) is 0.246. The first-order valence-corrected chi connectivity index (χ1v) is 7.35. The zero-order chi connectivity index (χ0) is 16.4. The molecule has 5 nitrogen and oxygen atoms in total. The van der Waals surface area contributed by atoms with Gasteiger partial charge in [0.05, 0.1) is 12.0 Å². The van der Waals surface area contributed by atoms with Crippen LogP contribution in [0.3, 0.4) is 0 Å². The summed E-state index contributed by atoms with van der Waals surface area (Å²) in [5.74, 6) is -2.30. The smallest absolute Gasteiger partial charge is 0.257 e. The number of hydrogen-bond acceptors (Lipinski definition) is 3. The Morgan fingerprint density at radius 3 is 2.61 bits per heavy atom. The number of aromatic nitrogens is 2. The highest BCUT2D eigenvalue weighted by Gasteiger charge is 2.25. The lowest BCUT2D eigenvalue weighted by atomic mass is 10.2. The van der Waals surface area contributed by atoms with Gasteiger partial charge in [-0.25, -0.2) is 13.8 Å². The topological polar surface area (TPSA) is 64.0 Å². The van der Waals surface area contributed by atoms with Crippen LogP contribution in [-0.2, 0) is 6.54 Å². The summed E-state index contributed by atoms with van der Waals surface area (Å²) in [4.78, 5) is 28.0. The van der Waals surface area contributed by atoms with Gasteiger partial charge in [0.25, 0.3) is 11.5 Å². The molecule has 0 saturated heterocycles. The molecule has 0 atom stereocenters. The van der Waals surface area contributed by atoms with Gasteiger partial charge in [0.2, 0.25) is 0 Å². The summed E-state index contributed by atoms with van der Waals surface area (Å²) in [5, 5.41) is 2.40. The Bertz CT molecular complexity index is 780. The summed E-state index contributed by atoms with van der Waals surface area (Å²) in [6.07, 6.45) is 3.55. The molecule has 0 aliphatic heterocycles. The fourth-order valence-electron chi connectivity index (χ4n) is 2.30. The molecule has 0 unspecified atom stereocenters. The van der Waals surface area contributed by atoms with Gasteiger partial charge in [-0.3, -0.25) is 14.2 Å². The van der Waals surface area contributed by atoms with E-state index >= 15 is 0 Å². The second-order valence-electron chi connectivity index (χ2n) is 5.47. The van der Waals surface area contributed by atoms with E-state index in [2.05, 4.69) is 10.3 Å². The van der Waals surface area contributed by atoms with Gasteiger partial charge in [0.1, 0.15) is 17.2 Å². The van der Waals surface area contributed by atoms with E-state index in [0.29, 0.717) is 5.92 Å². The van der Waals surface area contributed by atoms with Crippen molar-refractivity contribution in [1.29, 1.82) is 0 Å². The van der Waals surface area contributed by atoms with Crippen LogP contribution in [0.2, 0.25) is 0 Å². The molecule has 0 bridgehead atoms. The molecular weight excluding hydrogens is 304 g/mol. The molecule has 3 rings (SSSR count). The minimum atomic E-state index is -0.921. The maximum absolute atomic E-state index is 13.5. The second kappa shape index (κ2) is 6.28. The lowest BCUT2D eigenvalue weighted by Gasteiger charge is -2.09. The minimum Gasteiger partial charge on any atom is -0.350 e. The molecule has 1 heterocycles. The van der Waals surface area contributed by atoms with Gasteiger partial charge in [0, 0.05) is 25.1 Å². The number of rotatable bonds is 5. The number of hydrogen-bond donors (Lipinski definition) is 1. The minimum absolute atomic E-state index is 0.0664. The standard InChI is InChI=1S/C16H15F2N3O2/c17-11-2-1-3-12(18)15(11)16(23)19-6-7-21-9-20-13(8-14(21)22)10-4-5-10/h1-3,8-10H,4-7H2,(H,19,23). The molecule has 1 amide bonds. The molecule has 7 heteroatoms. The largest absolute Gasteiger partial charge is 0.350 e. The van der Waals surface area contributed by atoms with Crippen LogP contribution in [0.15, 0.2) is 35.4 Å². The summed E-state index contributed by atoms with van der Waals surface area (Å²) in [5.41, 5.74) is -0.0287. The van der Waals surface area contributed by atoms with Gasteiger partial charge >= 0.3 is 0 Å². The number of benzene rings is 1. The number of nitrogens with zero attached hydrogens (tertiary/aromatic N) is 2. The molecule has 1 aliphatic rings. The predicted molar refractivity (Wildman–Crippen MR) is 79.2 cm³/mol. The zero-order valence-corrected chi connectivity index (χ0v) is 12.3. The van der Waals surface area contributed by atoms with Crippen molar-refractivity contribution >= 4 is 5.91 Å². The second-order valence-corrected chi connectivity index (χ2v) is 5.47. The van der Waals surface area contributed by atoms with Crippen molar-refractivity contribution in [2.24, 2.45) is 0 Å². The van der Waals surface area contributed by atoms with Crippen LogP contribution >= 0.6 is 0 Å². The Morgan fingerprint density at radius 2 is 2.00 bits per heavy atom. The lowest BCUT2D eigenvalue weighted by molar-refractivity contribution is 0.0943. The third-order valence-electron chi connectivity index (χ3n) is 3.72. The first kappa shape index (κ1) is 15.3. The van der Waals surface area contributed by atoms with Crippen molar-refractivity contribution in [1.82, 2.24) is 14.9 Å². The number of halogens is 2. The van der Waals surface area contributed by atoms with E-state index in [1.807, 2.05) is 0 Å². The Morgan fingerprint density at radius 1 is 1.30 bits per heavy atom. The van der Waals surface area contributed by atoms with E-state index in [1.54, 1.807) is 0 Å². The molecule has 1 fully saturated rings. The van der Waals surface area contributed by atoms with E-state index in [1.165, 1.54) is 23.0 Å². The van der Waals surface area contributed by atoms with Gasteiger partial charge in [-0.05, 0) is 25.0 Å². The molecule has 0 radical (unpaired) electrons. The first-order valence-electron chi connectivity index (χ1n) is 7.35. The molecule has 23 heavy (non-hydrogen) atoms. The van der Waals surface area contributed by atoms with Crippen LogP contribution in [0.5, 0.6) is 0 Å². The quantitative estimate of drug-likeness (QED) is 0.914. The first-order chi connectivity index (χ1) is 11.1. The summed E-state index contributed by atoms with van der Waals surface area (Å²) >= 11 is 0. The van der Waals surface area contributed by atoms with Crippen molar-refractivity contribution in [2.45, 2.75) is 25.3 Å². The number of carbonyl (C=O) groups excluding carboxylic acids is 1. The molecule has 120 valence electrons. The van der Waals surface area contributed by atoms with E-state index in [0.717, 1.165) is 30.7 Å². The van der Waals surface area contributed by atoms with Crippen molar-refractivity contribution in [3.05, 3.63) is 63.8 Å². The highest BCUT2D eigenvalue weighted by molar-refractivity contribution is 5.94. The van der Waals surface area contributed by atoms with Crippen LogP contribution in [0.4, 0.5) is 8.78 Å². The van der Waals surface area contributed by atoms with Crippen LogP contribution in [0.1, 0.15) is 34.8 Å². The molecule has 0 spiro atoms. The molecule has 1 aromatic heterocycles. The fourth-order valence-corrected chi connectivity index (χ4v) is 2.30. The monoisotopic (exact) mass is 319 g/mol. The summed E-state index contributed by atoms with van der Waals surface area (Å²) in [7, 11) is 0. The molecule has 1 aliphatic carbocycles. The molecule has 1 saturated carbocycles. The molecule has 1 aromatic carbocycles. The highest BCUT2D eigenvalue weighted by Crippen LogP contribution is 2.38. The van der Waals surface area contributed by atoms with E-state index in [9.17, 15) is 18.4 Å². The Balaban J connectivity index is 1.61. The van der Waals surface area contributed by atoms with Crippen LogP contribution in [0.25, 0.3) is 0 Å². The van der Waals surface area contributed by atoms with Gasteiger partial charge in [-0.15, -0.1) is 0 Å². The highest BCUT2D eigenvalue weighted by atomic mass is 19.1. The Kier molecular flexibility index (Phi) is 4.18. The average molecular weight is 319 g/mol. The van der Waals surface area contributed by atoms with Gasteiger partial charge in [0.15, 0.2) is 0 Å². The van der Waals surface area contributed by atoms with Crippen molar-refractivity contribution < 1.29 is 13.6 Å². The maximum atomic E-state index is 13.5. The normalized spacial score (nSPS) is 13.8. The maximum Gasteiger partial charge on any atom is 0.257 e. The number of amides is 1. The van der Waals surface area contributed by atoms with Gasteiger partial charge in [-0.1, -0.05) is 6.07 Å². The summed E-state index contributed by atoms with van der Waals surface area (Å²) in [6, 6.07) is 4.72. The zero-order valence-electron chi connectivity index (χ0n) is 12.3. The van der Waals surface area contributed by atoms with Gasteiger partial charge < -0.3 is 5.32 Å². The van der Waals surface area contributed by atoms with Crippen LogP contribution in [-0.4, -0.2) is 22.0 Å². The van der Waals surface area contributed by atoms with E-state index in [4.69, 9.17) is 0 Å². The third kappa shape index (κ3) is 3.44. The van der Waals surface area contributed by atoms with Crippen molar-refractivity contribution in [2.75, 3.05) is 6.54 Å². The fraction of sp³-hybridized carbons (Fsp3) is 0.312. The molecule has 2 aromatic rings. The van der Waals surface area contributed by atoms with Crippen molar-refractivity contribution in [3.63, 3.8) is 0 Å². The number of carbonyl (C=O) groups is 1. The van der Waals surface area contributed by atoms with Crippen LogP contribution < -0.4 is 10.9 Å². The third-order valence-corrected chi connectivity index (χ3v) is 3.72. The molecular formula is C16H15F2N3O2. The Hall–Kier alpha value is -2.57. The number of nitrogens with one attached hydrogen (secondary N) is 1. The lowest BCUT2D eigenvalue weighted by Crippen LogP contribution is -2.32. The van der Waals surface area contributed by atoms with Crippen LogP contribution in [0, 0.1) is 11.6 Å². The predicted octanol–water partition coefficient (Wildman–Crippen LogP) is 1.83. The molecule has 1 N–H and O–H groups in total. The van der Waals surface area contributed by atoms with Crippen molar-refractivity contribution in [3.8, 4) is 0 Å². The van der Waals surface area contributed by atoms with E-state index < -0.39 is 23.1 Å². The SMILES string of the molecule is O=C(NCCn1cnc(C2CC2)cc1=O)c1c(F)cccc1F. The van der Waals surface area contributed by atoms with Gasteiger partial charge in [-0.2, -0.15) is 0 Å².